The number of methoxy groups -OCH3 is 1. The van der Waals surface area contributed by atoms with E-state index in [4.69, 9.17) is 25.8 Å². The molecule has 3 rings (SSSR count). The Bertz CT molecular complexity index is 893. The van der Waals surface area contributed by atoms with Crippen LogP contribution in [-0.2, 0) is 4.79 Å². The summed E-state index contributed by atoms with van der Waals surface area (Å²) in [5, 5.41) is 11.4. The van der Waals surface area contributed by atoms with Crippen LogP contribution in [0.2, 0.25) is 5.02 Å². The largest absolute Gasteiger partial charge is 0.493 e. The molecule has 0 aromatic heterocycles. The number of halogens is 1. The summed E-state index contributed by atoms with van der Waals surface area (Å²) < 4.78 is 15.8. The maximum absolute atomic E-state index is 12.4. The number of nitro groups is 1. The maximum Gasteiger partial charge on any atom is 0.343 e. The van der Waals surface area contributed by atoms with E-state index in [1.807, 2.05) is 0 Å². The minimum atomic E-state index is -0.690. The summed E-state index contributed by atoms with van der Waals surface area (Å²) in [5.74, 6) is 0.0810. The fraction of sp³-hybridized carbons (Fsp3) is 0.118. The smallest absolute Gasteiger partial charge is 0.343 e. The van der Waals surface area contributed by atoms with Crippen molar-refractivity contribution in [2.75, 3.05) is 13.7 Å². The first-order chi connectivity index (χ1) is 12.0. The van der Waals surface area contributed by atoms with E-state index in [9.17, 15) is 14.9 Å². The van der Waals surface area contributed by atoms with Crippen molar-refractivity contribution in [3.63, 3.8) is 0 Å². The third kappa shape index (κ3) is 3.56. The molecular weight excluding hydrogens is 350 g/mol. The molecule has 1 aliphatic heterocycles. The second-order valence-corrected chi connectivity index (χ2v) is 5.56. The maximum atomic E-state index is 12.4. The molecule has 0 saturated carbocycles. The summed E-state index contributed by atoms with van der Waals surface area (Å²) in [6, 6.07) is 8.81. The van der Waals surface area contributed by atoms with Crippen LogP contribution in [0.4, 0.5) is 5.69 Å². The summed E-state index contributed by atoms with van der Waals surface area (Å²) in [6.07, 6.45) is 1.61. The molecule has 0 spiro atoms. The SMILES string of the molecule is COc1ccc([N+](=O)[O-])cc1OC(=O)C1=Cc2cc(Cl)ccc2OC1. The van der Waals surface area contributed by atoms with E-state index >= 15 is 0 Å². The van der Waals surface area contributed by atoms with Gasteiger partial charge in [0.15, 0.2) is 11.5 Å². The number of ether oxygens (including phenoxy) is 3. The van der Waals surface area contributed by atoms with Crippen LogP contribution in [-0.4, -0.2) is 24.6 Å². The fourth-order valence-corrected chi connectivity index (χ4v) is 2.47. The molecule has 0 fully saturated rings. The lowest BCUT2D eigenvalue weighted by molar-refractivity contribution is -0.384. The first-order valence-electron chi connectivity index (χ1n) is 7.15. The number of benzene rings is 2. The highest BCUT2D eigenvalue weighted by Crippen LogP contribution is 2.33. The zero-order valence-electron chi connectivity index (χ0n) is 13.0. The van der Waals surface area contributed by atoms with E-state index in [1.165, 1.54) is 19.2 Å². The van der Waals surface area contributed by atoms with E-state index in [-0.39, 0.29) is 29.4 Å². The van der Waals surface area contributed by atoms with E-state index in [2.05, 4.69) is 0 Å². The normalized spacial score (nSPS) is 12.5. The minimum absolute atomic E-state index is 0.0186. The molecule has 128 valence electrons. The molecular formula is C17H12ClNO6. The second-order valence-electron chi connectivity index (χ2n) is 5.12. The lowest BCUT2D eigenvalue weighted by Crippen LogP contribution is -2.19. The molecule has 0 N–H and O–H groups in total. The van der Waals surface area contributed by atoms with Gasteiger partial charge in [0, 0.05) is 16.7 Å². The van der Waals surface area contributed by atoms with Crippen LogP contribution >= 0.6 is 11.6 Å². The Balaban J connectivity index is 1.88. The second kappa shape index (κ2) is 6.82. The van der Waals surface area contributed by atoms with Crippen LogP contribution in [0.25, 0.3) is 6.08 Å². The fourth-order valence-electron chi connectivity index (χ4n) is 2.29. The van der Waals surface area contributed by atoms with Gasteiger partial charge in [0.1, 0.15) is 12.4 Å². The number of esters is 1. The van der Waals surface area contributed by atoms with Gasteiger partial charge in [-0.1, -0.05) is 11.6 Å². The highest BCUT2D eigenvalue weighted by atomic mass is 35.5. The zero-order valence-corrected chi connectivity index (χ0v) is 13.8. The zero-order chi connectivity index (χ0) is 18.0. The highest BCUT2D eigenvalue weighted by molar-refractivity contribution is 6.30. The number of non-ortho nitro benzene ring substituents is 1. The number of rotatable bonds is 4. The van der Waals surface area contributed by atoms with E-state index < -0.39 is 10.9 Å². The van der Waals surface area contributed by atoms with Crippen LogP contribution in [0.3, 0.4) is 0 Å². The van der Waals surface area contributed by atoms with Crippen LogP contribution in [0.5, 0.6) is 17.2 Å². The van der Waals surface area contributed by atoms with Crippen molar-refractivity contribution in [1.82, 2.24) is 0 Å². The molecule has 1 heterocycles. The summed E-state index contributed by atoms with van der Waals surface area (Å²) in [6.45, 7) is 0.0186. The van der Waals surface area contributed by atoms with Gasteiger partial charge in [-0.2, -0.15) is 0 Å². The quantitative estimate of drug-likeness (QED) is 0.357. The Hall–Kier alpha value is -3.06. The van der Waals surface area contributed by atoms with Crippen molar-refractivity contribution in [3.8, 4) is 17.2 Å². The van der Waals surface area contributed by atoms with Gasteiger partial charge in [-0.15, -0.1) is 0 Å². The average Bonchev–Trinajstić information content (AvgIpc) is 2.60. The molecule has 25 heavy (non-hydrogen) atoms. The van der Waals surface area contributed by atoms with Gasteiger partial charge in [-0.3, -0.25) is 10.1 Å². The number of carbonyl (C=O) groups is 1. The van der Waals surface area contributed by atoms with Crippen LogP contribution < -0.4 is 14.2 Å². The number of nitrogens with zero attached hydrogens (tertiary/aromatic N) is 1. The summed E-state index contributed by atoms with van der Waals surface area (Å²) in [5.41, 5.74) is 0.689. The van der Waals surface area contributed by atoms with Gasteiger partial charge < -0.3 is 14.2 Å². The summed E-state index contributed by atoms with van der Waals surface area (Å²) in [4.78, 5) is 22.7. The van der Waals surface area contributed by atoms with Crippen molar-refractivity contribution in [2.45, 2.75) is 0 Å². The van der Waals surface area contributed by atoms with Crippen molar-refractivity contribution in [2.24, 2.45) is 0 Å². The molecule has 7 nitrogen and oxygen atoms in total. The topological polar surface area (TPSA) is 87.9 Å². The molecule has 0 atom stereocenters. The first-order valence-corrected chi connectivity index (χ1v) is 7.53. The lowest BCUT2D eigenvalue weighted by Gasteiger charge is -2.17. The Kier molecular flexibility index (Phi) is 4.58. The van der Waals surface area contributed by atoms with Crippen LogP contribution in [0.1, 0.15) is 5.56 Å². The van der Waals surface area contributed by atoms with Crippen molar-refractivity contribution < 1.29 is 23.9 Å². The predicted molar refractivity (Wildman–Crippen MR) is 90.2 cm³/mol. The minimum Gasteiger partial charge on any atom is -0.493 e. The number of fused-ring (bicyclic) bond motifs is 1. The van der Waals surface area contributed by atoms with Gasteiger partial charge in [0.25, 0.3) is 5.69 Å². The Morgan fingerprint density at radius 2 is 2.04 bits per heavy atom. The number of hydrogen-bond donors (Lipinski definition) is 0. The van der Waals surface area contributed by atoms with Crippen LogP contribution in [0, 0.1) is 10.1 Å². The van der Waals surface area contributed by atoms with Gasteiger partial charge in [0.2, 0.25) is 0 Å². The van der Waals surface area contributed by atoms with Crippen LogP contribution in [0.15, 0.2) is 42.0 Å². The Morgan fingerprint density at radius 1 is 1.24 bits per heavy atom. The lowest BCUT2D eigenvalue weighted by atomic mass is 10.1. The van der Waals surface area contributed by atoms with Gasteiger partial charge in [-0.25, -0.2) is 4.79 Å². The molecule has 0 radical (unpaired) electrons. The third-order valence-electron chi connectivity index (χ3n) is 3.51. The Labute approximate surface area is 147 Å². The molecule has 2 aromatic rings. The average molecular weight is 362 g/mol. The molecule has 0 bridgehead atoms. The van der Waals surface area contributed by atoms with Gasteiger partial charge >= 0.3 is 5.97 Å². The van der Waals surface area contributed by atoms with Crippen molar-refractivity contribution >= 4 is 29.3 Å². The monoisotopic (exact) mass is 361 g/mol. The van der Waals surface area contributed by atoms with Gasteiger partial charge in [-0.05, 0) is 30.3 Å². The molecule has 0 saturated heterocycles. The number of hydrogen-bond acceptors (Lipinski definition) is 6. The van der Waals surface area contributed by atoms with E-state index in [1.54, 1.807) is 24.3 Å². The number of carbonyl (C=O) groups excluding carboxylic acids is 1. The van der Waals surface area contributed by atoms with Crippen molar-refractivity contribution in [3.05, 3.63) is 62.7 Å². The Morgan fingerprint density at radius 3 is 2.76 bits per heavy atom. The molecule has 0 unspecified atom stereocenters. The molecule has 8 heteroatoms. The van der Waals surface area contributed by atoms with Crippen molar-refractivity contribution in [1.29, 1.82) is 0 Å². The predicted octanol–water partition coefficient (Wildman–Crippen LogP) is 3.64. The van der Waals surface area contributed by atoms with Gasteiger partial charge in [0.05, 0.1) is 23.7 Å². The summed E-state index contributed by atoms with van der Waals surface area (Å²) in [7, 11) is 1.37. The standard InChI is InChI=1S/C17H12ClNO6/c1-23-15-5-3-13(19(21)22)8-16(15)25-17(20)11-6-10-7-12(18)2-4-14(10)24-9-11/h2-8H,9H2,1H3. The molecule has 0 amide bonds. The molecule has 1 aliphatic rings. The first kappa shape index (κ1) is 16.8. The molecule has 2 aromatic carbocycles. The van der Waals surface area contributed by atoms with E-state index in [0.29, 0.717) is 16.3 Å². The highest BCUT2D eigenvalue weighted by Gasteiger charge is 2.22. The van der Waals surface area contributed by atoms with E-state index in [0.717, 1.165) is 6.07 Å². The number of nitro benzene ring substituents is 1. The third-order valence-corrected chi connectivity index (χ3v) is 3.74. The molecule has 0 aliphatic carbocycles. The summed E-state index contributed by atoms with van der Waals surface area (Å²) >= 11 is 5.94.